The molecule has 0 aliphatic heterocycles. The van der Waals surface area contributed by atoms with Crippen LogP contribution in [0, 0.1) is 0 Å². The van der Waals surface area contributed by atoms with Gasteiger partial charge < -0.3 is 19.7 Å². The van der Waals surface area contributed by atoms with Crippen LogP contribution in [0.2, 0.25) is 0 Å². The summed E-state index contributed by atoms with van der Waals surface area (Å²) < 4.78 is 7.53. The van der Waals surface area contributed by atoms with E-state index in [0.717, 1.165) is 35.0 Å². The number of fused-ring (bicyclic) bond motifs is 1. The van der Waals surface area contributed by atoms with Crippen molar-refractivity contribution in [1.82, 2.24) is 25.3 Å². The molecule has 160 valence electrons. The van der Waals surface area contributed by atoms with Gasteiger partial charge in [0.1, 0.15) is 0 Å². The fourth-order valence-electron chi connectivity index (χ4n) is 3.36. The number of guanidine groups is 1. The molecule has 2 aromatic carbocycles. The lowest BCUT2D eigenvalue weighted by atomic mass is 10.1. The maximum Gasteiger partial charge on any atom is 0.191 e. The fraction of sp³-hybridized carbons (Fsp3) is 0.292. The van der Waals surface area contributed by atoms with Crippen molar-refractivity contribution >= 4 is 17.0 Å². The molecule has 4 aromatic rings. The molecule has 31 heavy (non-hydrogen) atoms. The number of nitrogens with zero attached hydrogens (tertiary/aromatic N) is 4. The molecule has 0 fully saturated rings. The zero-order chi connectivity index (χ0) is 21.6. The third kappa shape index (κ3) is 5.12. The average molecular weight is 417 g/mol. The fourth-order valence-corrected chi connectivity index (χ4v) is 3.36. The van der Waals surface area contributed by atoms with Gasteiger partial charge in [0, 0.05) is 26.2 Å². The third-order valence-corrected chi connectivity index (χ3v) is 5.19. The monoisotopic (exact) mass is 416 g/mol. The normalized spacial score (nSPS) is 11.9. The summed E-state index contributed by atoms with van der Waals surface area (Å²) in [6.07, 6.45) is 1.90. The minimum absolute atomic E-state index is 0.352. The van der Waals surface area contributed by atoms with Crippen LogP contribution in [-0.4, -0.2) is 27.7 Å². The second-order valence-corrected chi connectivity index (χ2v) is 7.83. The number of para-hydroxylation sites is 2. The molecule has 0 saturated carbocycles. The van der Waals surface area contributed by atoms with Gasteiger partial charge in [-0.05, 0) is 29.2 Å². The first kappa shape index (κ1) is 20.7. The van der Waals surface area contributed by atoms with Crippen molar-refractivity contribution < 1.29 is 4.52 Å². The van der Waals surface area contributed by atoms with Crippen LogP contribution in [-0.2, 0) is 19.6 Å². The Bertz CT molecular complexity index is 1160. The number of hydrogen-bond donors (Lipinski definition) is 2. The summed E-state index contributed by atoms with van der Waals surface area (Å²) in [5, 5.41) is 10.7. The van der Waals surface area contributed by atoms with E-state index in [2.05, 4.69) is 74.5 Å². The summed E-state index contributed by atoms with van der Waals surface area (Å²) in [5.74, 6) is 1.87. The van der Waals surface area contributed by atoms with Crippen molar-refractivity contribution in [3.63, 3.8) is 0 Å². The molecule has 0 spiro atoms. The van der Waals surface area contributed by atoms with Crippen molar-refractivity contribution in [3.8, 4) is 0 Å². The van der Waals surface area contributed by atoms with E-state index in [1.807, 2.05) is 30.6 Å². The van der Waals surface area contributed by atoms with Gasteiger partial charge in [-0.2, -0.15) is 0 Å². The van der Waals surface area contributed by atoms with Gasteiger partial charge in [-0.15, -0.1) is 0 Å². The summed E-state index contributed by atoms with van der Waals surface area (Å²) in [5.41, 5.74) is 5.55. The summed E-state index contributed by atoms with van der Waals surface area (Å²) in [6.45, 7) is 6.21. The van der Waals surface area contributed by atoms with Gasteiger partial charge in [-0.3, -0.25) is 4.99 Å². The van der Waals surface area contributed by atoms with Gasteiger partial charge in [0.2, 0.25) is 0 Å². The molecule has 7 heteroatoms. The Morgan fingerprint density at radius 1 is 1.03 bits per heavy atom. The standard InChI is InChI=1S/C24H28N6O/c1-17(2)22-12-20(31-29-22)14-27-24(25-3)26-13-18-8-10-19(11-9-18)15-30-16-28-21-6-4-5-7-23(21)30/h4-12,16-17H,13-15H2,1-3H3,(H2,25,26,27). The van der Waals surface area contributed by atoms with Gasteiger partial charge in [-0.1, -0.05) is 55.4 Å². The Balaban J connectivity index is 1.29. The molecule has 0 atom stereocenters. The second kappa shape index (κ2) is 9.47. The predicted octanol–water partition coefficient (Wildman–Crippen LogP) is 4.06. The zero-order valence-corrected chi connectivity index (χ0v) is 18.2. The summed E-state index contributed by atoms with van der Waals surface area (Å²) >= 11 is 0. The van der Waals surface area contributed by atoms with Crippen LogP contribution in [0.25, 0.3) is 11.0 Å². The SMILES string of the molecule is CN=C(NCc1ccc(Cn2cnc3ccccc32)cc1)NCc1cc(C(C)C)no1. The van der Waals surface area contributed by atoms with Crippen LogP contribution in [0.5, 0.6) is 0 Å². The first-order chi connectivity index (χ1) is 15.1. The lowest BCUT2D eigenvalue weighted by Gasteiger charge is -2.11. The molecule has 0 amide bonds. The van der Waals surface area contributed by atoms with Crippen molar-refractivity contribution in [1.29, 1.82) is 0 Å². The highest BCUT2D eigenvalue weighted by Gasteiger charge is 2.08. The maximum atomic E-state index is 5.36. The Labute approximate surface area is 182 Å². The third-order valence-electron chi connectivity index (χ3n) is 5.19. The molecule has 0 unspecified atom stereocenters. The molecule has 0 saturated heterocycles. The molecular weight excluding hydrogens is 388 g/mol. The van der Waals surface area contributed by atoms with E-state index >= 15 is 0 Å². The Hall–Kier alpha value is -3.61. The van der Waals surface area contributed by atoms with E-state index < -0.39 is 0 Å². The lowest BCUT2D eigenvalue weighted by Crippen LogP contribution is -2.36. The smallest absolute Gasteiger partial charge is 0.191 e. The van der Waals surface area contributed by atoms with Crippen LogP contribution in [0.1, 0.15) is 42.3 Å². The Morgan fingerprint density at radius 3 is 2.52 bits per heavy atom. The second-order valence-electron chi connectivity index (χ2n) is 7.83. The number of aliphatic imine (C=N–C) groups is 1. The van der Waals surface area contributed by atoms with E-state index in [9.17, 15) is 0 Å². The van der Waals surface area contributed by atoms with Crippen molar-refractivity contribution in [2.75, 3.05) is 7.05 Å². The summed E-state index contributed by atoms with van der Waals surface area (Å²) in [4.78, 5) is 8.74. The van der Waals surface area contributed by atoms with Gasteiger partial charge >= 0.3 is 0 Å². The number of rotatable bonds is 7. The highest BCUT2D eigenvalue weighted by molar-refractivity contribution is 5.79. The minimum atomic E-state index is 0.352. The van der Waals surface area contributed by atoms with E-state index in [0.29, 0.717) is 19.0 Å². The Morgan fingerprint density at radius 2 is 1.77 bits per heavy atom. The molecule has 2 aromatic heterocycles. The van der Waals surface area contributed by atoms with Crippen molar-refractivity contribution in [2.24, 2.45) is 4.99 Å². The van der Waals surface area contributed by atoms with Crippen LogP contribution >= 0.6 is 0 Å². The molecular formula is C24H28N6O. The zero-order valence-electron chi connectivity index (χ0n) is 18.2. The van der Waals surface area contributed by atoms with Crippen molar-refractivity contribution in [3.05, 3.63) is 83.5 Å². The van der Waals surface area contributed by atoms with E-state index in [4.69, 9.17) is 4.52 Å². The van der Waals surface area contributed by atoms with Crippen LogP contribution in [0.3, 0.4) is 0 Å². The largest absolute Gasteiger partial charge is 0.359 e. The van der Waals surface area contributed by atoms with Crippen molar-refractivity contribution in [2.45, 2.75) is 39.4 Å². The molecule has 4 rings (SSSR count). The quantitative estimate of drug-likeness (QED) is 0.351. The molecule has 0 aliphatic rings. The number of benzene rings is 2. The first-order valence-electron chi connectivity index (χ1n) is 10.5. The number of nitrogens with one attached hydrogen (secondary N) is 2. The van der Waals surface area contributed by atoms with E-state index in [1.165, 1.54) is 11.1 Å². The highest BCUT2D eigenvalue weighted by atomic mass is 16.5. The van der Waals surface area contributed by atoms with Gasteiger partial charge in [0.25, 0.3) is 0 Å². The van der Waals surface area contributed by atoms with Crippen LogP contribution in [0.4, 0.5) is 0 Å². The number of hydrogen-bond acceptors (Lipinski definition) is 4. The van der Waals surface area contributed by atoms with Crippen LogP contribution in [0.15, 0.2) is 70.4 Å². The number of aromatic nitrogens is 3. The maximum absolute atomic E-state index is 5.36. The Kier molecular flexibility index (Phi) is 6.31. The summed E-state index contributed by atoms with van der Waals surface area (Å²) in [7, 11) is 1.76. The van der Waals surface area contributed by atoms with Gasteiger partial charge in [0.15, 0.2) is 11.7 Å². The predicted molar refractivity (Wildman–Crippen MR) is 123 cm³/mol. The molecule has 0 radical (unpaired) electrons. The topological polar surface area (TPSA) is 80.3 Å². The van der Waals surface area contributed by atoms with Gasteiger partial charge in [0.05, 0.1) is 29.6 Å². The van der Waals surface area contributed by atoms with E-state index in [-0.39, 0.29) is 0 Å². The van der Waals surface area contributed by atoms with Gasteiger partial charge in [-0.25, -0.2) is 4.98 Å². The number of imidazole rings is 1. The average Bonchev–Trinajstić information content (AvgIpc) is 3.43. The molecule has 0 aliphatic carbocycles. The molecule has 2 heterocycles. The highest BCUT2D eigenvalue weighted by Crippen LogP contribution is 2.15. The summed E-state index contributed by atoms with van der Waals surface area (Å²) in [6, 6.07) is 18.8. The minimum Gasteiger partial charge on any atom is -0.359 e. The molecule has 2 N–H and O–H groups in total. The van der Waals surface area contributed by atoms with E-state index in [1.54, 1.807) is 7.05 Å². The first-order valence-corrected chi connectivity index (χ1v) is 10.5. The molecule has 0 bridgehead atoms. The van der Waals surface area contributed by atoms with Crippen LogP contribution < -0.4 is 10.6 Å². The molecule has 7 nitrogen and oxygen atoms in total. The lowest BCUT2D eigenvalue weighted by molar-refractivity contribution is 0.372.